The van der Waals surface area contributed by atoms with Gasteiger partial charge in [0.2, 0.25) is 5.91 Å². The molecular weight excluding hydrogens is 294 g/mol. The van der Waals surface area contributed by atoms with Crippen molar-refractivity contribution >= 4 is 23.5 Å². The molecule has 1 rings (SSSR count). The number of carboxylic acid groups (broad SMARTS) is 1. The van der Waals surface area contributed by atoms with Crippen molar-refractivity contribution in [2.45, 2.75) is 27.2 Å². The van der Waals surface area contributed by atoms with Gasteiger partial charge < -0.3 is 15.2 Å². The Bertz CT molecular complexity index is 528. The highest BCUT2D eigenvalue weighted by atomic mass is 35.5. The molecule has 5 nitrogen and oxygen atoms in total. The molecule has 1 aromatic rings. The van der Waals surface area contributed by atoms with Gasteiger partial charge in [0, 0.05) is 12.1 Å². The number of benzene rings is 1. The average Bonchev–Trinajstić information content (AvgIpc) is 2.40. The number of nitrogens with one attached hydrogen (secondary N) is 1. The molecule has 2 N–H and O–H groups in total. The van der Waals surface area contributed by atoms with E-state index >= 15 is 0 Å². The number of carbonyl (C=O) groups excluding carboxylic acids is 1. The van der Waals surface area contributed by atoms with E-state index in [4.69, 9.17) is 21.4 Å². The Labute approximate surface area is 129 Å². The topological polar surface area (TPSA) is 75.6 Å². The second kappa shape index (κ2) is 7.31. The van der Waals surface area contributed by atoms with Gasteiger partial charge in [0.15, 0.2) is 0 Å². The largest absolute Gasteiger partial charge is 0.492 e. The molecule has 0 aromatic heterocycles. The Balaban J connectivity index is 2.72. The van der Waals surface area contributed by atoms with Crippen molar-refractivity contribution in [1.82, 2.24) is 5.32 Å². The van der Waals surface area contributed by atoms with Gasteiger partial charge in [-0.05, 0) is 26.8 Å². The van der Waals surface area contributed by atoms with Gasteiger partial charge in [-0.25, -0.2) is 0 Å². The molecule has 0 atom stereocenters. The first-order valence-corrected chi connectivity index (χ1v) is 7.06. The Morgan fingerprint density at radius 3 is 2.62 bits per heavy atom. The number of aliphatic carboxylic acids is 1. The molecule has 0 saturated heterocycles. The first-order valence-electron chi connectivity index (χ1n) is 6.68. The summed E-state index contributed by atoms with van der Waals surface area (Å²) >= 11 is 6.05. The fourth-order valence-corrected chi connectivity index (χ4v) is 1.88. The second-order valence-corrected chi connectivity index (χ2v) is 5.71. The van der Waals surface area contributed by atoms with Crippen LogP contribution in [0, 0.1) is 5.41 Å². The Hall–Kier alpha value is -1.75. The van der Waals surface area contributed by atoms with Crippen LogP contribution in [0.4, 0.5) is 0 Å². The van der Waals surface area contributed by atoms with E-state index < -0.39 is 11.4 Å². The molecule has 0 unspecified atom stereocenters. The van der Waals surface area contributed by atoms with Gasteiger partial charge in [0.05, 0.1) is 23.5 Å². The summed E-state index contributed by atoms with van der Waals surface area (Å²) in [5.74, 6) is -0.734. The van der Waals surface area contributed by atoms with Crippen molar-refractivity contribution in [2.24, 2.45) is 5.41 Å². The number of hydrogen-bond acceptors (Lipinski definition) is 3. The van der Waals surface area contributed by atoms with E-state index in [2.05, 4.69) is 5.32 Å². The van der Waals surface area contributed by atoms with Crippen molar-refractivity contribution in [1.29, 1.82) is 0 Å². The highest BCUT2D eigenvalue weighted by molar-refractivity contribution is 6.32. The summed E-state index contributed by atoms with van der Waals surface area (Å²) in [6.07, 6.45) is 0.0889. The van der Waals surface area contributed by atoms with Gasteiger partial charge in [-0.3, -0.25) is 9.59 Å². The lowest BCUT2D eigenvalue weighted by Gasteiger charge is -2.19. The van der Waals surface area contributed by atoms with E-state index in [1.165, 1.54) is 0 Å². The zero-order valence-electron chi connectivity index (χ0n) is 12.4. The summed E-state index contributed by atoms with van der Waals surface area (Å²) in [5, 5.41) is 12.1. The third-order valence-electron chi connectivity index (χ3n) is 2.99. The molecule has 1 amide bonds. The smallest absolute Gasteiger partial charge is 0.310 e. The normalized spacial score (nSPS) is 11.0. The Morgan fingerprint density at radius 2 is 2.05 bits per heavy atom. The summed E-state index contributed by atoms with van der Waals surface area (Å²) in [4.78, 5) is 22.9. The van der Waals surface area contributed by atoms with Gasteiger partial charge >= 0.3 is 5.97 Å². The lowest BCUT2D eigenvalue weighted by atomic mass is 9.94. The SMILES string of the molecule is CCOc1c(Cl)cccc1CC(=O)NCC(C)(C)C(=O)O. The van der Waals surface area contributed by atoms with Crippen LogP contribution in [0.25, 0.3) is 0 Å². The van der Waals surface area contributed by atoms with E-state index in [9.17, 15) is 9.59 Å². The van der Waals surface area contributed by atoms with Crippen molar-refractivity contribution in [3.63, 3.8) is 0 Å². The van der Waals surface area contributed by atoms with E-state index in [1.54, 1.807) is 32.0 Å². The van der Waals surface area contributed by atoms with E-state index in [1.807, 2.05) is 6.92 Å². The van der Waals surface area contributed by atoms with Gasteiger partial charge in [-0.15, -0.1) is 0 Å². The molecule has 0 aliphatic heterocycles. The summed E-state index contributed by atoms with van der Waals surface area (Å²) in [7, 11) is 0. The molecule has 1 aromatic carbocycles. The standard InChI is InChI=1S/C15H20ClNO4/c1-4-21-13-10(6-5-7-11(13)16)8-12(18)17-9-15(2,3)14(19)20/h5-7H,4,8-9H2,1-3H3,(H,17,18)(H,19,20). The molecule has 0 spiro atoms. The van der Waals surface area contributed by atoms with E-state index in [0.29, 0.717) is 22.9 Å². The molecule has 0 bridgehead atoms. The molecule has 0 fully saturated rings. The Kier molecular flexibility index (Phi) is 6.03. The predicted molar refractivity (Wildman–Crippen MR) is 80.8 cm³/mol. The summed E-state index contributed by atoms with van der Waals surface area (Å²) < 4.78 is 5.45. The van der Waals surface area contributed by atoms with Crippen LogP contribution in [0.2, 0.25) is 5.02 Å². The zero-order valence-corrected chi connectivity index (χ0v) is 13.2. The number of halogens is 1. The van der Waals surface area contributed by atoms with Gasteiger partial charge in [-0.1, -0.05) is 23.7 Å². The molecule has 0 saturated carbocycles. The number of carboxylic acids is 1. The first kappa shape index (κ1) is 17.3. The van der Waals surface area contributed by atoms with Gasteiger partial charge in [0.1, 0.15) is 5.75 Å². The van der Waals surface area contributed by atoms with Crippen LogP contribution in [0.5, 0.6) is 5.75 Å². The number of ether oxygens (including phenoxy) is 1. The fourth-order valence-electron chi connectivity index (χ4n) is 1.63. The minimum atomic E-state index is -1.01. The van der Waals surface area contributed by atoms with E-state index in [0.717, 1.165) is 0 Å². The molecule has 6 heteroatoms. The molecule has 0 aliphatic rings. The predicted octanol–water partition coefficient (Wildman–Crippen LogP) is 2.51. The quantitative estimate of drug-likeness (QED) is 0.811. The second-order valence-electron chi connectivity index (χ2n) is 5.30. The third-order valence-corrected chi connectivity index (χ3v) is 3.29. The maximum absolute atomic E-state index is 11.9. The first-order chi connectivity index (χ1) is 9.77. The molecule has 0 aliphatic carbocycles. The maximum atomic E-state index is 11.9. The third kappa shape index (κ3) is 4.93. The minimum absolute atomic E-state index is 0.0612. The number of amides is 1. The molecule has 0 radical (unpaired) electrons. The molecule has 0 heterocycles. The van der Waals surface area contributed by atoms with Crippen molar-refractivity contribution in [3.05, 3.63) is 28.8 Å². The molecule has 116 valence electrons. The zero-order chi connectivity index (χ0) is 16.0. The van der Waals surface area contributed by atoms with Gasteiger partial charge in [-0.2, -0.15) is 0 Å². The molecular formula is C15H20ClNO4. The Morgan fingerprint density at radius 1 is 1.38 bits per heavy atom. The lowest BCUT2D eigenvalue weighted by Crippen LogP contribution is -2.39. The summed E-state index contributed by atoms with van der Waals surface area (Å²) in [5.41, 5.74) is -0.331. The monoisotopic (exact) mass is 313 g/mol. The summed E-state index contributed by atoms with van der Waals surface area (Å²) in [6, 6.07) is 5.20. The van der Waals surface area contributed by atoms with Crippen LogP contribution in [-0.4, -0.2) is 30.1 Å². The van der Waals surface area contributed by atoms with Crippen LogP contribution in [0.15, 0.2) is 18.2 Å². The highest BCUT2D eigenvalue weighted by Crippen LogP contribution is 2.29. The van der Waals surface area contributed by atoms with Crippen LogP contribution < -0.4 is 10.1 Å². The molecule has 21 heavy (non-hydrogen) atoms. The number of hydrogen-bond donors (Lipinski definition) is 2. The van der Waals surface area contributed by atoms with Crippen LogP contribution in [0.3, 0.4) is 0 Å². The fraction of sp³-hybridized carbons (Fsp3) is 0.467. The van der Waals surface area contributed by atoms with Gasteiger partial charge in [0.25, 0.3) is 0 Å². The lowest BCUT2D eigenvalue weighted by molar-refractivity contribution is -0.146. The number of carbonyl (C=O) groups is 2. The number of para-hydroxylation sites is 1. The number of rotatable bonds is 7. The van der Waals surface area contributed by atoms with Crippen LogP contribution in [-0.2, 0) is 16.0 Å². The van der Waals surface area contributed by atoms with Crippen LogP contribution in [0.1, 0.15) is 26.3 Å². The van der Waals surface area contributed by atoms with E-state index in [-0.39, 0.29) is 18.9 Å². The minimum Gasteiger partial charge on any atom is -0.492 e. The summed E-state index contributed by atoms with van der Waals surface area (Å²) in [6.45, 7) is 5.46. The van der Waals surface area contributed by atoms with Crippen molar-refractivity contribution < 1.29 is 19.4 Å². The van der Waals surface area contributed by atoms with Crippen molar-refractivity contribution in [3.8, 4) is 5.75 Å². The van der Waals surface area contributed by atoms with Crippen LogP contribution >= 0.6 is 11.6 Å². The highest BCUT2D eigenvalue weighted by Gasteiger charge is 2.27. The maximum Gasteiger partial charge on any atom is 0.310 e. The average molecular weight is 314 g/mol. The van der Waals surface area contributed by atoms with Crippen molar-refractivity contribution in [2.75, 3.05) is 13.2 Å².